The standard InChI is InChI=1S/C19H13Cl2FN2O2/c20-13-3-6-18(26-11-12-8-14(22)4-5-17(12)21)16(9-13)19(25)24-15-2-1-7-23-10-15/h1-10H,11H2,(H,24,25). The van der Waals surface area contributed by atoms with Crippen LogP contribution in [-0.2, 0) is 6.61 Å². The fourth-order valence-electron chi connectivity index (χ4n) is 2.25. The van der Waals surface area contributed by atoms with Gasteiger partial charge in [0, 0.05) is 21.8 Å². The van der Waals surface area contributed by atoms with Gasteiger partial charge in [0.1, 0.15) is 18.2 Å². The van der Waals surface area contributed by atoms with Crippen LogP contribution in [0.1, 0.15) is 15.9 Å². The van der Waals surface area contributed by atoms with Crippen molar-refractivity contribution in [1.29, 1.82) is 0 Å². The summed E-state index contributed by atoms with van der Waals surface area (Å²) in [6.07, 6.45) is 3.13. The molecule has 0 spiro atoms. The molecule has 1 amide bonds. The van der Waals surface area contributed by atoms with Gasteiger partial charge in [-0.1, -0.05) is 23.2 Å². The number of hydrogen-bond donors (Lipinski definition) is 1. The van der Waals surface area contributed by atoms with Crippen LogP contribution in [0.4, 0.5) is 10.1 Å². The molecule has 3 rings (SSSR count). The van der Waals surface area contributed by atoms with Gasteiger partial charge in [0.2, 0.25) is 0 Å². The third-order valence-corrected chi connectivity index (χ3v) is 4.10. The van der Waals surface area contributed by atoms with Gasteiger partial charge in [0.05, 0.1) is 17.4 Å². The Labute approximate surface area is 159 Å². The summed E-state index contributed by atoms with van der Waals surface area (Å²) in [5, 5.41) is 3.48. The van der Waals surface area contributed by atoms with E-state index in [0.717, 1.165) is 0 Å². The number of carbonyl (C=O) groups is 1. The van der Waals surface area contributed by atoms with Crippen molar-refractivity contribution in [2.75, 3.05) is 5.32 Å². The molecule has 0 unspecified atom stereocenters. The van der Waals surface area contributed by atoms with Crippen molar-refractivity contribution < 1.29 is 13.9 Å². The zero-order valence-electron chi connectivity index (χ0n) is 13.4. The first-order valence-electron chi connectivity index (χ1n) is 7.60. The average molecular weight is 391 g/mol. The van der Waals surface area contributed by atoms with Gasteiger partial charge in [0.15, 0.2) is 0 Å². The quantitative estimate of drug-likeness (QED) is 0.637. The van der Waals surface area contributed by atoms with Crippen LogP contribution in [0.2, 0.25) is 10.0 Å². The van der Waals surface area contributed by atoms with Crippen molar-refractivity contribution in [2.45, 2.75) is 6.61 Å². The monoisotopic (exact) mass is 390 g/mol. The molecule has 2 aromatic carbocycles. The topological polar surface area (TPSA) is 51.2 Å². The molecule has 0 aliphatic carbocycles. The van der Waals surface area contributed by atoms with Crippen LogP contribution in [-0.4, -0.2) is 10.9 Å². The molecule has 1 heterocycles. The highest BCUT2D eigenvalue weighted by Crippen LogP contribution is 2.26. The maximum absolute atomic E-state index is 13.4. The third-order valence-electron chi connectivity index (χ3n) is 3.50. The fourth-order valence-corrected chi connectivity index (χ4v) is 2.59. The molecule has 0 saturated carbocycles. The minimum atomic E-state index is -0.418. The zero-order chi connectivity index (χ0) is 18.5. The normalized spacial score (nSPS) is 10.4. The lowest BCUT2D eigenvalue weighted by Gasteiger charge is -2.13. The second-order valence-corrected chi connectivity index (χ2v) is 6.20. The summed E-state index contributed by atoms with van der Waals surface area (Å²) < 4.78 is 19.1. The van der Waals surface area contributed by atoms with Crippen LogP contribution in [0.3, 0.4) is 0 Å². The highest BCUT2D eigenvalue weighted by molar-refractivity contribution is 6.31. The molecule has 0 aliphatic heterocycles. The Morgan fingerprint density at radius 1 is 1.15 bits per heavy atom. The molecule has 132 valence electrons. The first-order chi connectivity index (χ1) is 12.5. The van der Waals surface area contributed by atoms with E-state index in [9.17, 15) is 9.18 Å². The molecule has 26 heavy (non-hydrogen) atoms. The van der Waals surface area contributed by atoms with E-state index in [0.29, 0.717) is 27.0 Å². The maximum Gasteiger partial charge on any atom is 0.259 e. The van der Waals surface area contributed by atoms with Gasteiger partial charge in [-0.05, 0) is 48.5 Å². The van der Waals surface area contributed by atoms with E-state index < -0.39 is 11.7 Å². The van der Waals surface area contributed by atoms with Gasteiger partial charge in [0.25, 0.3) is 5.91 Å². The third kappa shape index (κ3) is 4.50. The molecule has 0 atom stereocenters. The van der Waals surface area contributed by atoms with Crippen LogP contribution in [0.15, 0.2) is 60.9 Å². The highest BCUT2D eigenvalue weighted by atomic mass is 35.5. The SMILES string of the molecule is O=C(Nc1cccnc1)c1cc(Cl)ccc1OCc1cc(F)ccc1Cl. The molecule has 1 N–H and O–H groups in total. The Morgan fingerprint density at radius 2 is 2.00 bits per heavy atom. The number of ether oxygens (including phenoxy) is 1. The number of nitrogens with one attached hydrogen (secondary N) is 1. The molecule has 0 radical (unpaired) electrons. The molecule has 1 aromatic heterocycles. The first kappa shape index (κ1) is 18.2. The molecule has 0 saturated heterocycles. The molecular weight excluding hydrogens is 378 g/mol. The second-order valence-electron chi connectivity index (χ2n) is 5.36. The van der Waals surface area contributed by atoms with Gasteiger partial charge in [-0.15, -0.1) is 0 Å². The minimum absolute atomic E-state index is 0.00536. The number of anilines is 1. The van der Waals surface area contributed by atoms with E-state index in [1.54, 1.807) is 30.5 Å². The van der Waals surface area contributed by atoms with Crippen LogP contribution < -0.4 is 10.1 Å². The molecule has 3 aromatic rings. The van der Waals surface area contributed by atoms with Crippen molar-refractivity contribution in [3.8, 4) is 5.75 Å². The van der Waals surface area contributed by atoms with Crippen molar-refractivity contribution >= 4 is 34.8 Å². The summed E-state index contributed by atoms with van der Waals surface area (Å²) in [5.41, 5.74) is 1.26. The average Bonchev–Trinajstić information content (AvgIpc) is 2.64. The number of aromatic nitrogens is 1. The summed E-state index contributed by atoms with van der Waals surface area (Å²) in [5.74, 6) is -0.518. The van der Waals surface area contributed by atoms with Crippen LogP contribution in [0, 0.1) is 5.82 Å². The molecule has 0 fully saturated rings. The lowest BCUT2D eigenvalue weighted by Crippen LogP contribution is -2.14. The van der Waals surface area contributed by atoms with E-state index in [1.807, 2.05) is 0 Å². The number of halogens is 3. The van der Waals surface area contributed by atoms with Gasteiger partial charge >= 0.3 is 0 Å². The zero-order valence-corrected chi connectivity index (χ0v) is 14.9. The highest BCUT2D eigenvalue weighted by Gasteiger charge is 2.15. The van der Waals surface area contributed by atoms with E-state index in [2.05, 4.69) is 10.3 Å². The summed E-state index contributed by atoms with van der Waals surface area (Å²) in [4.78, 5) is 16.5. The van der Waals surface area contributed by atoms with Gasteiger partial charge < -0.3 is 10.1 Å². The predicted octanol–water partition coefficient (Wildman–Crippen LogP) is 5.36. The van der Waals surface area contributed by atoms with E-state index >= 15 is 0 Å². The second kappa shape index (κ2) is 8.17. The number of nitrogens with zero attached hydrogens (tertiary/aromatic N) is 1. The fraction of sp³-hybridized carbons (Fsp3) is 0.0526. The summed E-state index contributed by atoms with van der Waals surface area (Å²) in [7, 11) is 0. The number of carbonyl (C=O) groups excluding carboxylic acids is 1. The first-order valence-corrected chi connectivity index (χ1v) is 8.36. The molecule has 0 aliphatic rings. The molecular formula is C19H13Cl2FN2O2. The lowest BCUT2D eigenvalue weighted by molar-refractivity contribution is 0.102. The van der Waals surface area contributed by atoms with Crippen molar-refractivity contribution in [2.24, 2.45) is 0 Å². The van der Waals surface area contributed by atoms with Crippen LogP contribution in [0.25, 0.3) is 0 Å². The number of benzene rings is 2. The summed E-state index contributed by atoms with van der Waals surface area (Å²) >= 11 is 12.1. The number of pyridine rings is 1. The van der Waals surface area contributed by atoms with Gasteiger partial charge in [-0.2, -0.15) is 0 Å². The number of hydrogen-bond acceptors (Lipinski definition) is 3. The lowest BCUT2D eigenvalue weighted by atomic mass is 10.1. The summed E-state index contributed by atoms with van der Waals surface area (Å²) in [6.45, 7) is 0.00536. The van der Waals surface area contributed by atoms with Crippen molar-refractivity contribution in [3.63, 3.8) is 0 Å². The van der Waals surface area contributed by atoms with Crippen LogP contribution in [0.5, 0.6) is 5.75 Å². The predicted molar refractivity (Wildman–Crippen MR) is 99.4 cm³/mol. The van der Waals surface area contributed by atoms with E-state index in [4.69, 9.17) is 27.9 Å². The maximum atomic E-state index is 13.4. The van der Waals surface area contributed by atoms with Crippen molar-refractivity contribution in [1.82, 2.24) is 4.98 Å². The minimum Gasteiger partial charge on any atom is -0.488 e. The van der Waals surface area contributed by atoms with Crippen molar-refractivity contribution in [3.05, 3.63) is 87.9 Å². The molecule has 0 bridgehead atoms. The van der Waals surface area contributed by atoms with Crippen LogP contribution >= 0.6 is 23.2 Å². The number of amides is 1. The van der Waals surface area contributed by atoms with Gasteiger partial charge in [-0.3, -0.25) is 9.78 Å². The van der Waals surface area contributed by atoms with Gasteiger partial charge in [-0.25, -0.2) is 4.39 Å². The van der Waals surface area contributed by atoms with E-state index in [1.165, 1.54) is 30.5 Å². The van der Waals surface area contributed by atoms with E-state index in [-0.39, 0.29) is 12.2 Å². The Balaban J connectivity index is 1.81. The Hall–Kier alpha value is -2.63. The summed E-state index contributed by atoms with van der Waals surface area (Å²) in [6, 6.07) is 12.1. The Morgan fingerprint density at radius 3 is 2.77 bits per heavy atom. The smallest absolute Gasteiger partial charge is 0.259 e. The number of rotatable bonds is 5. The Bertz CT molecular complexity index is 936. The Kier molecular flexibility index (Phi) is 5.71. The molecule has 7 heteroatoms. The molecule has 4 nitrogen and oxygen atoms in total. The largest absolute Gasteiger partial charge is 0.488 e.